The van der Waals surface area contributed by atoms with Gasteiger partial charge in [0.25, 0.3) is 0 Å². The van der Waals surface area contributed by atoms with Gasteiger partial charge in [0.05, 0.1) is 19.4 Å². The van der Waals surface area contributed by atoms with Gasteiger partial charge in [0.15, 0.2) is 11.6 Å². The molecule has 0 amide bonds. The fourth-order valence-corrected chi connectivity index (χ4v) is 2.62. The molecule has 0 aromatic carbocycles. The summed E-state index contributed by atoms with van der Waals surface area (Å²) in [5.41, 5.74) is 6.63. The largest absolute Gasteiger partial charge is 0.394 e. The Balaban J connectivity index is 1.88. The number of nitrogens with two attached hydrogens (primary N) is 1. The first-order valence-corrected chi connectivity index (χ1v) is 6.14. The van der Waals surface area contributed by atoms with Gasteiger partial charge in [0.2, 0.25) is 0 Å². The molecule has 3 rings (SSSR count). The molecule has 0 aliphatic carbocycles. The zero-order valence-corrected chi connectivity index (χ0v) is 10.6. The third kappa shape index (κ3) is 1.88. The summed E-state index contributed by atoms with van der Waals surface area (Å²) in [7, 11) is 1.90. The van der Waals surface area contributed by atoms with Crippen LogP contribution in [0.4, 0.5) is 17.3 Å². The first-order chi connectivity index (χ1) is 9.11. The molecule has 19 heavy (non-hydrogen) atoms. The Morgan fingerprint density at radius 2 is 2.32 bits per heavy atom. The Morgan fingerprint density at radius 1 is 1.53 bits per heavy atom. The standard InChI is InChI=1S/C11H17N5O3/c1-15-5-16(8-2-6(18)7(3-17)19-8)11-9(15)10(12)13-4-14-11/h4,6-8,17-18H,2-3,5H2,1H3,(H2,12,13,14)/t6-,7+,8+/m0/s1. The van der Waals surface area contributed by atoms with Crippen molar-refractivity contribution in [3.63, 3.8) is 0 Å². The minimum absolute atomic E-state index is 0.194. The molecule has 0 spiro atoms. The molecule has 2 aliphatic rings. The van der Waals surface area contributed by atoms with Gasteiger partial charge in [-0.2, -0.15) is 0 Å². The second kappa shape index (κ2) is 4.48. The van der Waals surface area contributed by atoms with Crippen molar-refractivity contribution in [3.8, 4) is 0 Å². The van der Waals surface area contributed by atoms with Crippen molar-refractivity contribution < 1.29 is 14.9 Å². The highest BCUT2D eigenvalue weighted by molar-refractivity contribution is 5.81. The van der Waals surface area contributed by atoms with E-state index in [0.29, 0.717) is 24.7 Å². The molecular formula is C11H17N5O3. The number of hydrogen-bond donors (Lipinski definition) is 3. The Kier molecular flexibility index (Phi) is 2.92. The number of nitrogen functional groups attached to an aromatic ring is 1. The van der Waals surface area contributed by atoms with Crippen LogP contribution >= 0.6 is 0 Å². The molecule has 3 atom stereocenters. The van der Waals surface area contributed by atoms with Crippen LogP contribution < -0.4 is 15.5 Å². The second-order valence-corrected chi connectivity index (χ2v) is 4.86. The molecule has 4 N–H and O–H groups in total. The van der Waals surface area contributed by atoms with E-state index in [1.54, 1.807) is 0 Å². The van der Waals surface area contributed by atoms with E-state index in [1.165, 1.54) is 6.33 Å². The van der Waals surface area contributed by atoms with E-state index in [2.05, 4.69) is 9.97 Å². The van der Waals surface area contributed by atoms with Gasteiger partial charge in [-0.1, -0.05) is 0 Å². The average Bonchev–Trinajstić information content (AvgIpc) is 2.91. The summed E-state index contributed by atoms with van der Waals surface area (Å²) < 4.78 is 5.65. The summed E-state index contributed by atoms with van der Waals surface area (Å²) in [5, 5.41) is 18.9. The predicted molar refractivity (Wildman–Crippen MR) is 68.6 cm³/mol. The molecule has 1 aromatic rings. The normalized spacial score (nSPS) is 29.9. The lowest BCUT2D eigenvalue weighted by Gasteiger charge is -2.25. The monoisotopic (exact) mass is 267 g/mol. The van der Waals surface area contributed by atoms with Crippen molar-refractivity contribution in [2.24, 2.45) is 0 Å². The number of rotatable bonds is 2. The zero-order chi connectivity index (χ0) is 13.6. The van der Waals surface area contributed by atoms with Gasteiger partial charge in [-0.3, -0.25) is 0 Å². The third-order valence-corrected chi connectivity index (χ3v) is 3.58. The molecule has 3 heterocycles. The maximum atomic E-state index is 9.81. The molecule has 8 heteroatoms. The van der Waals surface area contributed by atoms with Crippen LogP contribution in [-0.2, 0) is 4.74 Å². The molecular weight excluding hydrogens is 250 g/mol. The molecule has 1 fully saturated rings. The van der Waals surface area contributed by atoms with Gasteiger partial charge in [0.1, 0.15) is 24.3 Å². The molecule has 1 saturated heterocycles. The first-order valence-electron chi connectivity index (χ1n) is 6.14. The Labute approximate surface area is 110 Å². The number of hydrogen-bond acceptors (Lipinski definition) is 8. The highest BCUT2D eigenvalue weighted by atomic mass is 16.5. The number of nitrogens with zero attached hydrogens (tertiary/aromatic N) is 4. The lowest BCUT2D eigenvalue weighted by Crippen LogP contribution is -2.38. The summed E-state index contributed by atoms with van der Waals surface area (Å²) in [6.45, 7) is 0.369. The number of fused-ring (bicyclic) bond motifs is 1. The van der Waals surface area contributed by atoms with Crippen LogP contribution in [0.25, 0.3) is 0 Å². The van der Waals surface area contributed by atoms with Gasteiger partial charge in [-0.15, -0.1) is 0 Å². The van der Waals surface area contributed by atoms with E-state index in [4.69, 9.17) is 15.6 Å². The zero-order valence-electron chi connectivity index (χ0n) is 10.6. The van der Waals surface area contributed by atoms with Crippen LogP contribution in [0.15, 0.2) is 6.33 Å². The van der Waals surface area contributed by atoms with Crippen molar-refractivity contribution in [2.45, 2.75) is 24.9 Å². The van der Waals surface area contributed by atoms with Crippen LogP contribution in [0.1, 0.15) is 6.42 Å². The Hall–Kier alpha value is -1.64. The van der Waals surface area contributed by atoms with Gasteiger partial charge in [-0.05, 0) is 0 Å². The summed E-state index contributed by atoms with van der Waals surface area (Å²) >= 11 is 0. The maximum Gasteiger partial charge on any atom is 0.161 e. The fraction of sp³-hybridized carbons (Fsp3) is 0.636. The highest BCUT2D eigenvalue weighted by Gasteiger charge is 2.41. The minimum Gasteiger partial charge on any atom is -0.394 e. The van der Waals surface area contributed by atoms with E-state index in [0.717, 1.165) is 5.69 Å². The molecule has 0 saturated carbocycles. The summed E-state index contributed by atoms with van der Waals surface area (Å²) in [6.07, 6.45) is 0.324. The smallest absolute Gasteiger partial charge is 0.161 e. The summed E-state index contributed by atoms with van der Waals surface area (Å²) in [5.74, 6) is 1.12. The molecule has 104 valence electrons. The maximum absolute atomic E-state index is 9.81. The molecule has 8 nitrogen and oxygen atoms in total. The minimum atomic E-state index is -0.663. The van der Waals surface area contributed by atoms with Crippen molar-refractivity contribution in [1.29, 1.82) is 0 Å². The quantitative estimate of drug-likeness (QED) is 0.609. The average molecular weight is 267 g/mol. The molecule has 0 unspecified atom stereocenters. The van der Waals surface area contributed by atoms with Crippen molar-refractivity contribution in [1.82, 2.24) is 9.97 Å². The van der Waals surface area contributed by atoms with E-state index in [-0.39, 0.29) is 12.8 Å². The van der Waals surface area contributed by atoms with Crippen LogP contribution in [0.3, 0.4) is 0 Å². The van der Waals surface area contributed by atoms with Crippen LogP contribution in [0, 0.1) is 0 Å². The summed E-state index contributed by atoms with van der Waals surface area (Å²) in [6, 6.07) is 0. The molecule has 0 bridgehead atoms. The van der Waals surface area contributed by atoms with Crippen LogP contribution in [-0.4, -0.2) is 58.9 Å². The highest BCUT2D eigenvalue weighted by Crippen LogP contribution is 2.39. The van der Waals surface area contributed by atoms with E-state index >= 15 is 0 Å². The van der Waals surface area contributed by atoms with E-state index < -0.39 is 12.2 Å². The first kappa shape index (κ1) is 12.4. The van der Waals surface area contributed by atoms with Crippen LogP contribution in [0.2, 0.25) is 0 Å². The Morgan fingerprint density at radius 3 is 3.00 bits per heavy atom. The van der Waals surface area contributed by atoms with Gasteiger partial charge in [-0.25, -0.2) is 9.97 Å². The van der Waals surface area contributed by atoms with Crippen molar-refractivity contribution in [3.05, 3.63) is 6.33 Å². The number of anilines is 3. The number of aromatic nitrogens is 2. The number of aliphatic hydroxyl groups is 2. The lowest BCUT2D eigenvalue weighted by atomic mass is 10.2. The van der Waals surface area contributed by atoms with E-state index in [9.17, 15) is 5.11 Å². The summed E-state index contributed by atoms with van der Waals surface area (Å²) in [4.78, 5) is 12.1. The number of aliphatic hydroxyl groups excluding tert-OH is 2. The fourth-order valence-electron chi connectivity index (χ4n) is 2.62. The number of ether oxygens (including phenoxy) is 1. The molecule has 2 aliphatic heterocycles. The molecule has 0 radical (unpaired) electrons. The molecule has 1 aromatic heterocycles. The van der Waals surface area contributed by atoms with Gasteiger partial charge in [0, 0.05) is 13.5 Å². The van der Waals surface area contributed by atoms with E-state index in [1.807, 2.05) is 16.8 Å². The van der Waals surface area contributed by atoms with Gasteiger partial charge < -0.3 is 30.5 Å². The van der Waals surface area contributed by atoms with Crippen molar-refractivity contribution in [2.75, 3.05) is 35.9 Å². The third-order valence-electron chi connectivity index (χ3n) is 3.58. The lowest BCUT2D eigenvalue weighted by molar-refractivity contribution is -0.0220. The second-order valence-electron chi connectivity index (χ2n) is 4.86. The Bertz CT molecular complexity index is 485. The van der Waals surface area contributed by atoms with Gasteiger partial charge >= 0.3 is 0 Å². The van der Waals surface area contributed by atoms with Crippen molar-refractivity contribution >= 4 is 17.3 Å². The topological polar surface area (TPSA) is 108 Å². The van der Waals surface area contributed by atoms with Crippen LogP contribution in [0.5, 0.6) is 0 Å². The SMILES string of the molecule is CN1CN([C@H]2C[C@H](O)[C@@H](CO)O2)c2ncnc(N)c21. The predicted octanol–water partition coefficient (Wildman–Crippen LogP) is -1.26.